The Labute approximate surface area is 395 Å². The molecule has 2 aromatic carbocycles. The van der Waals surface area contributed by atoms with E-state index in [2.05, 4.69) is 125 Å². The third-order valence-corrected chi connectivity index (χ3v) is 19.3. The molecule has 7 heteroatoms. The van der Waals surface area contributed by atoms with Gasteiger partial charge in [0.15, 0.2) is 0 Å². The lowest BCUT2D eigenvalue weighted by Gasteiger charge is -2.06. The average Bonchev–Trinajstić information content (AvgIpc) is 4.15. The first kappa shape index (κ1) is 45.0. The van der Waals surface area contributed by atoms with Crippen molar-refractivity contribution in [1.82, 2.24) is 0 Å². The Hall–Kier alpha value is -3.56. The first-order valence-electron chi connectivity index (χ1n) is 23.0. The van der Waals surface area contributed by atoms with Gasteiger partial charge < -0.3 is 4.74 Å². The van der Waals surface area contributed by atoms with Crippen molar-refractivity contribution in [2.45, 2.75) is 124 Å². The summed E-state index contributed by atoms with van der Waals surface area (Å²) in [5.41, 5.74) is 5.49. The second-order valence-electron chi connectivity index (χ2n) is 16.6. The number of thiophene rings is 6. The molecule has 0 aliphatic heterocycles. The van der Waals surface area contributed by atoms with Crippen LogP contribution in [0.3, 0.4) is 0 Å². The van der Waals surface area contributed by atoms with Gasteiger partial charge in [-0.25, -0.2) is 0 Å². The van der Waals surface area contributed by atoms with Crippen molar-refractivity contribution in [3.05, 3.63) is 131 Å². The Morgan fingerprint density at radius 1 is 0.355 bits per heavy atom. The third kappa shape index (κ3) is 11.6. The Balaban J connectivity index is 1.02. The summed E-state index contributed by atoms with van der Waals surface area (Å²) < 4.78 is 6.17. The zero-order valence-corrected chi connectivity index (χ0v) is 41.8. The summed E-state index contributed by atoms with van der Waals surface area (Å²) in [6, 6.07) is 40.9. The van der Waals surface area contributed by atoms with Crippen molar-refractivity contribution in [2.24, 2.45) is 0 Å². The molecule has 0 spiro atoms. The van der Waals surface area contributed by atoms with Crippen LogP contribution in [0.1, 0.15) is 119 Å². The van der Waals surface area contributed by atoms with Gasteiger partial charge in [0.1, 0.15) is 11.5 Å². The van der Waals surface area contributed by atoms with Gasteiger partial charge in [-0.2, -0.15) is 0 Å². The molecule has 0 bridgehead atoms. The van der Waals surface area contributed by atoms with Gasteiger partial charge in [-0.15, -0.1) is 68.0 Å². The minimum atomic E-state index is 0.867. The molecule has 0 saturated carbocycles. The molecule has 6 heterocycles. The second-order valence-corrected chi connectivity index (χ2v) is 23.1. The lowest BCUT2D eigenvalue weighted by atomic mass is 10.0. The molecule has 8 rings (SSSR count). The summed E-state index contributed by atoms with van der Waals surface area (Å²) >= 11 is 11.8. The van der Waals surface area contributed by atoms with Gasteiger partial charge in [-0.3, -0.25) is 0 Å². The van der Waals surface area contributed by atoms with Crippen LogP contribution in [-0.4, -0.2) is 0 Å². The molecule has 0 aliphatic carbocycles. The summed E-state index contributed by atoms with van der Waals surface area (Å²) in [7, 11) is 0. The van der Waals surface area contributed by atoms with E-state index in [0.29, 0.717) is 0 Å². The van der Waals surface area contributed by atoms with Crippen LogP contribution in [-0.2, 0) is 19.3 Å². The Kier molecular flexibility index (Phi) is 16.2. The SMILES string of the molecule is CCCCCCc1ccc(-c2ccc(-c3cc(CCCCCC)c(-c4ccc(-c5ccc(-c6sc(-c7ccc(Oc8ccc(C)cc8)cc7)cc6CCCCCC)s5)s4)s3)s2)s1. The molecule has 8 aromatic rings. The van der Waals surface area contributed by atoms with E-state index in [1.54, 1.807) is 0 Å². The number of ether oxygens (including phenoxy) is 1. The number of aryl methyl sites for hydroxylation is 4. The fourth-order valence-corrected chi connectivity index (χ4v) is 15.0. The molecular formula is C55H60OS6. The fourth-order valence-electron chi connectivity index (χ4n) is 7.98. The molecule has 6 aromatic heterocycles. The van der Waals surface area contributed by atoms with Crippen LogP contribution >= 0.6 is 68.0 Å². The Morgan fingerprint density at radius 3 is 1.32 bits per heavy atom. The molecule has 0 atom stereocenters. The quantitative estimate of drug-likeness (QED) is 0.0581. The molecule has 0 radical (unpaired) electrons. The van der Waals surface area contributed by atoms with Gasteiger partial charge in [0.2, 0.25) is 0 Å². The van der Waals surface area contributed by atoms with Gasteiger partial charge >= 0.3 is 0 Å². The van der Waals surface area contributed by atoms with Gasteiger partial charge in [-0.05, 0) is 159 Å². The predicted molar refractivity (Wildman–Crippen MR) is 281 cm³/mol. The summed E-state index contributed by atoms with van der Waals surface area (Å²) in [5, 5.41) is 0. The van der Waals surface area contributed by atoms with E-state index in [1.807, 2.05) is 80.2 Å². The van der Waals surface area contributed by atoms with E-state index in [-0.39, 0.29) is 0 Å². The second kappa shape index (κ2) is 22.4. The van der Waals surface area contributed by atoms with E-state index in [4.69, 9.17) is 4.74 Å². The fraction of sp³-hybridized carbons (Fsp3) is 0.345. The van der Waals surface area contributed by atoms with Crippen molar-refractivity contribution in [2.75, 3.05) is 0 Å². The van der Waals surface area contributed by atoms with Gasteiger partial charge in [-0.1, -0.05) is 96.3 Å². The number of hydrogen-bond donors (Lipinski definition) is 0. The van der Waals surface area contributed by atoms with Crippen LogP contribution in [0.2, 0.25) is 0 Å². The molecule has 322 valence electrons. The van der Waals surface area contributed by atoms with E-state index < -0.39 is 0 Å². The van der Waals surface area contributed by atoms with Crippen molar-refractivity contribution >= 4 is 68.0 Å². The first-order chi connectivity index (χ1) is 30.5. The summed E-state index contributed by atoms with van der Waals surface area (Å²) in [6.07, 6.45) is 19.0. The lowest BCUT2D eigenvalue weighted by Crippen LogP contribution is -1.85. The lowest BCUT2D eigenvalue weighted by molar-refractivity contribution is 0.482. The molecule has 62 heavy (non-hydrogen) atoms. The molecule has 0 amide bonds. The number of unbranched alkanes of at least 4 members (excludes halogenated alkanes) is 9. The summed E-state index contributed by atoms with van der Waals surface area (Å²) in [5.74, 6) is 1.74. The molecular weight excluding hydrogens is 869 g/mol. The van der Waals surface area contributed by atoms with Crippen LogP contribution in [0.15, 0.2) is 109 Å². The maximum Gasteiger partial charge on any atom is 0.127 e. The van der Waals surface area contributed by atoms with Gasteiger partial charge in [0.05, 0.1) is 0 Å². The van der Waals surface area contributed by atoms with Crippen molar-refractivity contribution in [1.29, 1.82) is 0 Å². The first-order valence-corrected chi connectivity index (χ1v) is 27.9. The van der Waals surface area contributed by atoms with Crippen LogP contribution in [0, 0.1) is 6.92 Å². The highest BCUT2D eigenvalue weighted by Crippen LogP contribution is 2.49. The van der Waals surface area contributed by atoms with Crippen LogP contribution < -0.4 is 4.74 Å². The number of rotatable bonds is 23. The molecule has 0 saturated heterocycles. The van der Waals surface area contributed by atoms with Gasteiger partial charge in [0.25, 0.3) is 0 Å². The monoisotopic (exact) mass is 928 g/mol. The average molecular weight is 929 g/mol. The van der Waals surface area contributed by atoms with Crippen molar-refractivity contribution in [3.63, 3.8) is 0 Å². The molecule has 0 fully saturated rings. The molecule has 1 nitrogen and oxygen atoms in total. The van der Waals surface area contributed by atoms with Crippen LogP contribution in [0.5, 0.6) is 11.5 Å². The van der Waals surface area contributed by atoms with E-state index in [0.717, 1.165) is 24.3 Å². The highest BCUT2D eigenvalue weighted by atomic mass is 32.1. The number of hydrogen-bond acceptors (Lipinski definition) is 7. The highest BCUT2D eigenvalue weighted by molar-refractivity contribution is 7.30. The van der Waals surface area contributed by atoms with Gasteiger partial charge in [0, 0.05) is 58.5 Å². The summed E-state index contributed by atoms with van der Waals surface area (Å²) in [4.78, 5) is 16.9. The zero-order chi connectivity index (χ0) is 42.7. The molecule has 0 N–H and O–H groups in total. The van der Waals surface area contributed by atoms with Crippen molar-refractivity contribution < 1.29 is 4.74 Å². The maximum absolute atomic E-state index is 6.17. The molecule has 0 unspecified atom stereocenters. The largest absolute Gasteiger partial charge is 0.457 e. The van der Waals surface area contributed by atoms with E-state index in [1.165, 1.54) is 164 Å². The maximum atomic E-state index is 6.17. The summed E-state index contributed by atoms with van der Waals surface area (Å²) in [6.45, 7) is 9.00. The van der Waals surface area contributed by atoms with E-state index in [9.17, 15) is 0 Å². The minimum absolute atomic E-state index is 0.867. The predicted octanol–water partition coefficient (Wildman–Crippen LogP) is 20.5. The highest BCUT2D eigenvalue weighted by Gasteiger charge is 2.19. The topological polar surface area (TPSA) is 9.23 Å². The third-order valence-electron chi connectivity index (χ3n) is 11.5. The van der Waals surface area contributed by atoms with E-state index >= 15 is 0 Å². The van der Waals surface area contributed by atoms with Crippen molar-refractivity contribution in [3.8, 4) is 70.7 Å². The Bertz CT molecular complexity index is 2580. The normalized spacial score (nSPS) is 11.5. The number of benzene rings is 2. The van der Waals surface area contributed by atoms with Crippen LogP contribution in [0.4, 0.5) is 0 Å². The standard InChI is InChI=1S/C55H60OS6/c1-5-8-11-14-17-40-36-52(39-22-26-43(27-23-39)56-42-24-20-38(4)21-25-42)61-54(40)50-34-32-47(59-50)48-33-35-51(60-48)55-41(18-15-12-9-6-2)37-53(62-55)49-31-30-46(58-49)45-29-28-44(57-45)19-16-13-10-7-3/h20-37H,5-19H2,1-4H3. The minimum Gasteiger partial charge on any atom is -0.457 e. The Morgan fingerprint density at radius 2 is 0.774 bits per heavy atom. The smallest absolute Gasteiger partial charge is 0.127 e. The molecule has 0 aliphatic rings. The zero-order valence-electron chi connectivity index (χ0n) is 36.9. The van der Waals surface area contributed by atoms with Crippen LogP contribution in [0.25, 0.3) is 59.2 Å².